The zero-order valence-corrected chi connectivity index (χ0v) is 13.5. The second-order valence-electron chi connectivity index (χ2n) is 4.79. The molecule has 1 aromatic heterocycles. The summed E-state index contributed by atoms with van der Waals surface area (Å²) in [6.07, 6.45) is 0.879. The number of aromatic nitrogens is 1. The fraction of sp³-hybridized carbons (Fsp3) is 0.357. The van der Waals surface area contributed by atoms with Crippen molar-refractivity contribution < 1.29 is 0 Å². The number of anilines is 1. The number of nitrogens with two attached hydrogens (primary N) is 1. The minimum absolute atomic E-state index is 0.160. The van der Waals surface area contributed by atoms with Crippen molar-refractivity contribution in [3.05, 3.63) is 44.8 Å². The molecule has 2 rings (SSSR count). The Balaban J connectivity index is 2.23. The fourth-order valence-electron chi connectivity index (χ4n) is 2.06. The lowest BCUT2D eigenvalue weighted by Crippen LogP contribution is -2.22. The molecule has 0 saturated carbocycles. The van der Waals surface area contributed by atoms with Crippen LogP contribution in [0.25, 0.3) is 0 Å². The number of rotatable bonds is 5. The molecule has 5 heteroatoms. The Hall–Kier alpha value is -0.910. The van der Waals surface area contributed by atoms with Crippen LogP contribution in [0.15, 0.2) is 33.6 Å². The van der Waals surface area contributed by atoms with Crippen molar-refractivity contribution in [1.29, 1.82) is 0 Å². The summed E-state index contributed by atoms with van der Waals surface area (Å²) in [4.78, 5) is 6.55. The van der Waals surface area contributed by atoms with E-state index in [0.29, 0.717) is 0 Å². The summed E-state index contributed by atoms with van der Waals surface area (Å²) in [5, 5.41) is 2.08. The van der Waals surface area contributed by atoms with E-state index in [0.717, 1.165) is 23.1 Å². The van der Waals surface area contributed by atoms with Gasteiger partial charge in [-0.3, -0.25) is 0 Å². The van der Waals surface area contributed by atoms with Crippen molar-refractivity contribution in [3.8, 4) is 0 Å². The Bertz CT molecular complexity index is 525. The molecule has 2 aromatic rings. The number of thiazole rings is 1. The highest BCUT2D eigenvalue weighted by Gasteiger charge is 2.11. The summed E-state index contributed by atoms with van der Waals surface area (Å²) in [6, 6.07) is 6.51. The van der Waals surface area contributed by atoms with E-state index in [4.69, 9.17) is 5.73 Å². The summed E-state index contributed by atoms with van der Waals surface area (Å²) in [7, 11) is 2.09. The van der Waals surface area contributed by atoms with E-state index >= 15 is 0 Å². The second kappa shape index (κ2) is 6.50. The lowest BCUT2D eigenvalue weighted by molar-refractivity contribution is 0.733. The van der Waals surface area contributed by atoms with Gasteiger partial charge in [-0.1, -0.05) is 22.0 Å². The highest BCUT2D eigenvalue weighted by molar-refractivity contribution is 9.10. The Morgan fingerprint density at radius 1 is 1.47 bits per heavy atom. The Kier molecular flexibility index (Phi) is 4.96. The van der Waals surface area contributed by atoms with Gasteiger partial charge in [0, 0.05) is 28.6 Å². The quantitative estimate of drug-likeness (QED) is 0.907. The first-order chi connectivity index (χ1) is 9.06. The third kappa shape index (κ3) is 4.03. The molecule has 19 heavy (non-hydrogen) atoms. The molecule has 1 aromatic carbocycles. The van der Waals surface area contributed by atoms with Crippen molar-refractivity contribution in [1.82, 2.24) is 4.98 Å². The van der Waals surface area contributed by atoms with Gasteiger partial charge in [0.1, 0.15) is 0 Å². The molecule has 0 spiro atoms. The van der Waals surface area contributed by atoms with Crippen molar-refractivity contribution in [2.75, 3.05) is 11.9 Å². The first-order valence-electron chi connectivity index (χ1n) is 6.18. The van der Waals surface area contributed by atoms with Gasteiger partial charge >= 0.3 is 0 Å². The molecule has 0 radical (unpaired) electrons. The van der Waals surface area contributed by atoms with E-state index in [9.17, 15) is 0 Å². The van der Waals surface area contributed by atoms with E-state index in [1.165, 1.54) is 11.3 Å². The van der Waals surface area contributed by atoms with Crippen molar-refractivity contribution in [2.45, 2.75) is 25.9 Å². The van der Waals surface area contributed by atoms with Gasteiger partial charge in [-0.05, 0) is 31.0 Å². The van der Waals surface area contributed by atoms with Crippen LogP contribution < -0.4 is 10.6 Å². The summed E-state index contributed by atoms with van der Waals surface area (Å²) in [6.45, 7) is 2.85. The molecule has 1 atom stereocenters. The van der Waals surface area contributed by atoms with Crippen molar-refractivity contribution in [3.63, 3.8) is 0 Å². The van der Waals surface area contributed by atoms with Crippen molar-refractivity contribution >= 4 is 33.0 Å². The van der Waals surface area contributed by atoms with Gasteiger partial charge in [0.25, 0.3) is 0 Å². The number of halogens is 1. The lowest BCUT2D eigenvalue weighted by Gasteiger charge is -2.23. The van der Waals surface area contributed by atoms with Gasteiger partial charge in [-0.15, -0.1) is 11.3 Å². The molecule has 2 N–H and O–H groups in total. The predicted molar refractivity (Wildman–Crippen MR) is 85.7 cm³/mol. The van der Waals surface area contributed by atoms with Crippen LogP contribution in [0.5, 0.6) is 0 Å². The molecule has 1 unspecified atom stereocenters. The van der Waals surface area contributed by atoms with Gasteiger partial charge in [0.15, 0.2) is 0 Å². The SMILES string of the molecule is CC(N)Cc1ccc(Br)cc1N(C)Cc1cscn1. The normalized spacial score (nSPS) is 12.4. The predicted octanol–water partition coefficient (Wildman–Crippen LogP) is 3.43. The third-order valence-electron chi connectivity index (χ3n) is 2.88. The molecule has 0 amide bonds. The average molecular weight is 340 g/mol. The Labute approximate surface area is 126 Å². The lowest BCUT2D eigenvalue weighted by atomic mass is 10.0. The molecule has 0 bridgehead atoms. The van der Waals surface area contributed by atoms with Gasteiger partial charge < -0.3 is 10.6 Å². The van der Waals surface area contributed by atoms with Crippen LogP contribution in [-0.2, 0) is 13.0 Å². The van der Waals surface area contributed by atoms with E-state index < -0.39 is 0 Å². The Morgan fingerprint density at radius 3 is 2.89 bits per heavy atom. The van der Waals surface area contributed by atoms with Crippen LogP contribution in [-0.4, -0.2) is 18.1 Å². The molecule has 0 aliphatic carbocycles. The zero-order chi connectivity index (χ0) is 13.8. The molecule has 0 saturated heterocycles. The maximum absolute atomic E-state index is 5.93. The van der Waals surface area contributed by atoms with E-state index in [1.807, 2.05) is 12.4 Å². The fourth-order valence-corrected chi connectivity index (χ4v) is 2.95. The minimum atomic E-state index is 0.160. The van der Waals surface area contributed by atoms with E-state index in [-0.39, 0.29) is 6.04 Å². The van der Waals surface area contributed by atoms with Crippen LogP contribution in [0.1, 0.15) is 18.2 Å². The summed E-state index contributed by atoms with van der Waals surface area (Å²) in [5.74, 6) is 0. The molecule has 102 valence electrons. The smallest absolute Gasteiger partial charge is 0.0795 e. The monoisotopic (exact) mass is 339 g/mol. The number of hydrogen-bond acceptors (Lipinski definition) is 4. The van der Waals surface area contributed by atoms with Gasteiger partial charge in [0.05, 0.1) is 17.7 Å². The summed E-state index contributed by atoms with van der Waals surface area (Å²) < 4.78 is 1.08. The summed E-state index contributed by atoms with van der Waals surface area (Å²) >= 11 is 5.17. The standard InChI is InChI=1S/C14H18BrN3S/c1-10(16)5-11-3-4-12(15)6-14(11)18(2)7-13-8-19-9-17-13/h3-4,6,8-10H,5,7,16H2,1-2H3. The van der Waals surface area contributed by atoms with Crippen LogP contribution in [0, 0.1) is 0 Å². The van der Waals surface area contributed by atoms with Gasteiger partial charge in [-0.25, -0.2) is 4.98 Å². The topological polar surface area (TPSA) is 42.1 Å². The molecule has 0 aliphatic heterocycles. The van der Waals surface area contributed by atoms with Gasteiger partial charge in [0.2, 0.25) is 0 Å². The zero-order valence-electron chi connectivity index (χ0n) is 11.1. The third-order valence-corrected chi connectivity index (χ3v) is 4.01. The largest absolute Gasteiger partial charge is 0.368 e. The number of benzene rings is 1. The van der Waals surface area contributed by atoms with E-state index in [2.05, 4.69) is 56.4 Å². The first kappa shape index (κ1) is 14.5. The minimum Gasteiger partial charge on any atom is -0.368 e. The molecule has 1 heterocycles. The maximum Gasteiger partial charge on any atom is 0.0795 e. The van der Waals surface area contributed by atoms with Gasteiger partial charge in [-0.2, -0.15) is 0 Å². The van der Waals surface area contributed by atoms with Crippen LogP contribution in [0.3, 0.4) is 0 Å². The molecule has 0 aliphatic rings. The maximum atomic E-state index is 5.93. The second-order valence-corrected chi connectivity index (χ2v) is 6.42. The summed E-state index contributed by atoms with van der Waals surface area (Å²) in [5.41, 5.74) is 11.4. The molecular formula is C14H18BrN3S. The van der Waals surface area contributed by atoms with Crippen LogP contribution >= 0.6 is 27.3 Å². The highest BCUT2D eigenvalue weighted by Crippen LogP contribution is 2.26. The number of hydrogen-bond donors (Lipinski definition) is 1. The van der Waals surface area contributed by atoms with Crippen molar-refractivity contribution in [2.24, 2.45) is 5.73 Å². The first-order valence-corrected chi connectivity index (χ1v) is 7.92. The van der Waals surface area contributed by atoms with Crippen LogP contribution in [0.4, 0.5) is 5.69 Å². The molecule has 3 nitrogen and oxygen atoms in total. The number of nitrogens with zero attached hydrogens (tertiary/aromatic N) is 2. The molecule has 0 fully saturated rings. The van der Waals surface area contributed by atoms with E-state index in [1.54, 1.807) is 11.3 Å². The molecular weight excluding hydrogens is 322 g/mol. The van der Waals surface area contributed by atoms with Crippen LogP contribution in [0.2, 0.25) is 0 Å². The average Bonchev–Trinajstić information content (AvgIpc) is 2.83. The Morgan fingerprint density at radius 2 is 2.26 bits per heavy atom. The highest BCUT2D eigenvalue weighted by atomic mass is 79.9.